The monoisotopic (exact) mass is 346 g/mol. The fourth-order valence-corrected chi connectivity index (χ4v) is 4.64. The molecule has 5 atom stereocenters. The highest BCUT2D eigenvalue weighted by Gasteiger charge is 2.60. The molecular formula is C20H26O5. The predicted octanol–water partition coefficient (Wildman–Crippen LogP) is 3.13. The molecule has 25 heavy (non-hydrogen) atoms. The molecule has 0 amide bonds. The van der Waals surface area contributed by atoms with E-state index in [4.69, 9.17) is 9.47 Å². The summed E-state index contributed by atoms with van der Waals surface area (Å²) >= 11 is 0. The minimum Gasteiger partial charge on any atom is -0.454 e. The molecule has 0 saturated heterocycles. The maximum absolute atomic E-state index is 12.5. The van der Waals surface area contributed by atoms with Gasteiger partial charge in [0.2, 0.25) is 0 Å². The molecule has 0 radical (unpaired) electrons. The summed E-state index contributed by atoms with van der Waals surface area (Å²) in [5, 5.41) is 0. The molecule has 1 aliphatic heterocycles. The highest BCUT2D eigenvalue weighted by atomic mass is 16.6. The van der Waals surface area contributed by atoms with E-state index in [-0.39, 0.29) is 29.7 Å². The minimum absolute atomic E-state index is 0.177. The Labute approximate surface area is 148 Å². The van der Waals surface area contributed by atoms with Crippen LogP contribution in [0, 0.1) is 17.3 Å². The first-order valence-electron chi connectivity index (χ1n) is 9.00. The van der Waals surface area contributed by atoms with Crippen molar-refractivity contribution in [3.05, 3.63) is 22.8 Å². The summed E-state index contributed by atoms with van der Waals surface area (Å²) in [5.41, 5.74) is 1.27. The van der Waals surface area contributed by atoms with E-state index in [2.05, 4.69) is 0 Å². The van der Waals surface area contributed by atoms with Gasteiger partial charge in [0.1, 0.15) is 18.0 Å². The van der Waals surface area contributed by atoms with E-state index in [1.165, 1.54) is 0 Å². The molecule has 0 aromatic rings. The molecule has 5 nitrogen and oxygen atoms in total. The third-order valence-electron chi connectivity index (χ3n) is 6.70. The second kappa shape index (κ2) is 6.11. The largest absolute Gasteiger partial charge is 0.454 e. The first-order valence-corrected chi connectivity index (χ1v) is 9.00. The number of carbonyl (C=O) groups excluding carboxylic acids is 3. The van der Waals surface area contributed by atoms with Gasteiger partial charge in [0.25, 0.3) is 0 Å². The number of ketones is 1. The van der Waals surface area contributed by atoms with Crippen LogP contribution in [0.5, 0.6) is 0 Å². The zero-order valence-electron chi connectivity index (χ0n) is 15.5. The van der Waals surface area contributed by atoms with Gasteiger partial charge >= 0.3 is 11.9 Å². The summed E-state index contributed by atoms with van der Waals surface area (Å²) < 4.78 is 11.4. The molecule has 3 aliphatic rings. The van der Waals surface area contributed by atoms with Crippen LogP contribution in [-0.2, 0) is 23.9 Å². The third-order valence-corrected chi connectivity index (χ3v) is 6.70. The average molecular weight is 346 g/mol. The van der Waals surface area contributed by atoms with E-state index in [1.807, 2.05) is 13.8 Å². The number of carbonyl (C=O) groups is 3. The van der Waals surface area contributed by atoms with Crippen LogP contribution in [0.25, 0.3) is 0 Å². The number of rotatable bonds is 2. The number of hydrogen-bond donors (Lipinski definition) is 0. The molecule has 3 rings (SSSR count). The van der Waals surface area contributed by atoms with Gasteiger partial charge in [-0.15, -0.1) is 0 Å². The van der Waals surface area contributed by atoms with Crippen molar-refractivity contribution in [3.8, 4) is 0 Å². The first kappa shape index (κ1) is 17.9. The molecule has 0 N–H and O–H groups in total. The lowest BCUT2D eigenvalue weighted by Gasteiger charge is -2.53. The molecule has 2 aliphatic carbocycles. The lowest BCUT2D eigenvalue weighted by molar-refractivity contribution is -0.170. The van der Waals surface area contributed by atoms with Crippen LogP contribution in [0.1, 0.15) is 53.9 Å². The topological polar surface area (TPSA) is 69.7 Å². The number of fused-ring (bicyclic) bond motifs is 2. The Morgan fingerprint density at radius 1 is 1.36 bits per heavy atom. The number of ether oxygens (including phenoxy) is 2. The van der Waals surface area contributed by atoms with Gasteiger partial charge in [0, 0.05) is 34.5 Å². The van der Waals surface area contributed by atoms with Gasteiger partial charge in [-0.2, -0.15) is 0 Å². The standard InChI is InChI=1S/C20H26O5/c1-6-10(2)18(22)25-17-16-11(3)19(23)24-15(16)9-13-7-8-14(21)12(4)20(13,17)5/h6,12-13,15,17H,7-9H2,1-5H3/b10-6-/t12-,13+,15-,17+,20+/m0/s1. The summed E-state index contributed by atoms with van der Waals surface area (Å²) in [6.45, 7) is 9.16. The van der Waals surface area contributed by atoms with Crippen molar-refractivity contribution in [1.29, 1.82) is 0 Å². The van der Waals surface area contributed by atoms with E-state index in [1.54, 1.807) is 26.8 Å². The number of Topliss-reactive ketones (excluding diaryl/α,β-unsaturated/α-hetero) is 1. The molecule has 0 bridgehead atoms. The Bertz CT molecular complexity index is 701. The van der Waals surface area contributed by atoms with Gasteiger partial charge in [0.15, 0.2) is 0 Å². The van der Waals surface area contributed by atoms with Crippen molar-refractivity contribution >= 4 is 17.7 Å². The van der Waals surface area contributed by atoms with E-state index < -0.39 is 17.5 Å². The molecule has 0 spiro atoms. The molecule has 2 fully saturated rings. The van der Waals surface area contributed by atoms with Gasteiger partial charge in [-0.3, -0.25) is 4.79 Å². The molecule has 5 heteroatoms. The number of esters is 2. The van der Waals surface area contributed by atoms with E-state index in [9.17, 15) is 14.4 Å². The molecule has 1 heterocycles. The number of hydrogen-bond acceptors (Lipinski definition) is 5. The van der Waals surface area contributed by atoms with Gasteiger partial charge < -0.3 is 9.47 Å². The van der Waals surface area contributed by atoms with Gasteiger partial charge in [-0.05, 0) is 39.5 Å². The normalized spacial score (nSPS) is 38.2. The Morgan fingerprint density at radius 2 is 2.04 bits per heavy atom. The van der Waals surface area contributed by atoms with Gasteiger partial charge in [-0.25, -0.2) is 9.59 Å². The van der Waals surface area contributed by atoms with Crippen LogP contribution < -0.4 is 0 Å². The molecule has 136 valence electrons. The zero-order valence-corrected chi connectivity index (χ0v) is 15.5. The van der Waals surface area contributed by atoms with Crippen molar-refractivity contribution in [3.63, 3.8) is 0 Å². The molecular weight excluding hydrogens is 320 g/mol. The molecule has 0 aromatic heterocycles. The third kappa shape index (κ3) is 2.55. The maximum Gasteiger partial charge on any atom is 0.334 e. The SMILES string of the molecule is C/C=C(/C)C(=O)O[C@@H]1C2=C(C)C(=O)O[C@H]2C[C@H]2CCC(=O)[C@H](C)[C@]21C. The Kier molecular flexibility index (Phi) is 4.38. The van der Waals surface area contributed by atoms with Crippen molar-refractivity contribution in [2.45, 2.75) is 66.1 Å². The van der Waals surface area contributed by atoms with Gasteiger partial charge in [-0.1, -0.05) is 19.9 Å². The van der Waals surface area contributed by atoms with E-state index >= 15 is 0 Å². The second-order valence-corrected chi connectivity index (χ2v) is 7.76. The molecule has 2 saturated carbocycles. The average Bonchev–Trinajstić information content (AvgIpc) is 2.86. The van der Waals surface area contributed by atoms with Gasteiger partial charge in [0.05, 0.1) is 0 Å². The van der Waals surface area contributed by atoms with Crippen molar-refractivity contribution < 1.29 is 23.9 Å². The van der Waals surface area contributed by atoms with E-state index in [0.717, 1.165) is 12.0 Å². The smallest absolute Gasteiger partial charge is 0.334 e. The summed E-state index contributed by atoms with van der Waals surface area (Å²) in [6, 6.07) is 0. The van der Waals surface area contributed by atoms with Crippen LogP contribution in [0.3, 0.4) is 0 Å². The molecule has 0 aromatic carbocycles. The molecule has 0 unspecified atom stereocenters. The second-order valence-electron chi connectivity index (χ2n) is 7.76. The quantitative estimate of drug-likeness (QED) is 0.567. The number of allylic oxidation sites excluding steroid dienone is 1. The highest BCUT2D eigenvalue weighted by Crippen LogP contribution is 2.57. The zero-order chi connectivity index (χ0) is 18.5. The maximum atomic E-state index is 12.5. The van der Waals surface area contributed by atoms with Crippen LogP contribution in [0.2, 0.25) is 0 Å². The summed E-state index contributed by atoms with van der Waals surface area (Å²) in [7, 11) is 0. The first-order chi connectivity index (χ1) is 11.7. The Balaban J connectivity index is 2.09. The van der Waals surface area contributed by atoms with Crippen molar-refractivity contribution in [2.24, 2.45) is 17.3 Å². The summed E-state index contributed by atoms with van der Waals surface area (Å²) in [4.78, 5) is 37.1. The lowest BCUT2D eigenvalue weighted by atomic mass is 9.52. The predicted molar refractivity (Wildman–Crippen MR) is 91.5 cm³/mol. The Morgan fingerprint density at radius 3 is 2.68 bits per heavy atom. The van der Waals surface area contributed by atoms with Crippen LogP contribution in [0.15, 0.2) is 22.8 Å². The van der Waals surface area contributed by atoms with E-state index in [0.29, 0.717) is 24.0 Å². The van der Waals surface area contributed by atoms with Crippen LogP contribution >= 0.6 is 0 Å². The van der Waals surface area contributed by atoms with Crippen LogP contribution in [0.4, 0.5) is 0 Å². The Hall–Kier alpha value is -1.91. The highest BCUT2D eigenvalue weighted by molar-refractivity contribution is 5.93. The van der Waals surface area contributed by atoms with Crippen LogP contribution in [-0.4, -0.2) is 29.9 Å². The summed E-state index contributed by atoms with van der Waals surface area (Å²) in [5.74, 6) is -0.601. The summed E-state index contributed by atoms with van der Waals surface area (Å²) in [6.07, 6.45) is 2.74. The fourth-order valence-electron chi connectivity index (χ4n) is 4.64. The van der Waals surface area contributed by atoms with Crippen molar-refractivity contribution in [1.82, 2.24) is 0 Å². The minimum atomic E-state index is -0.607. The van der Waals surface area contributed by atoms with Crippen molar-refractivity contribution in [2.75, 3.05) is 0 Å². The lowest BCUT2D eigenvalue weighted by Crippen LogP contribution is -2.57. The fraction of sp³-hybridized carbons (Fsp3) is 0.650.